The van der Waals surface area contributed by atoms with E-state index in [0.29, 0.717) is 36.0 Å². The van der Waals surface area contributed by atoms with Gasteiger partial charge in [-0.25, -0.2) is 9.78 Å². The number of hydrogen-bond acceptors (Lipinski definition) is 10. The van der Waals surface area contributed by atoms with Gasteiger partial charge in [0.2, 0.25) is 11.9 Å². The largest absolute Gasteiger partial charge is 0.487 e. The van der Waals surface area contributed by atoms with Crippen LogP contribution >= 0.6 is 0 Å². The van der Waals surface area contributed by atoms with Crippen LogP contribution in [0.3, 0.4) is 0 Å². The number of urea groups is 1. The number of aryl methyl sites for hydroxylation is 2. The third kappa shape index (κ3) is 8.63. The lowest BCUT2D eigenvalue weighted by Crippen LogP contribution is -2.46. The number of nitrogens with zero attached hydrogens (tertiary/aromatic N) is 6. The molecule has 0 saturated heterocycles. The fourth-order valence-electron chi connectivity index (χ4n) is 5.81. The van der Waals surface area contributed by atoms with Crippen LogP contribution in [0.4, 0.5) is 39.3 Å². The van der Waals surface area contributed by atoms with Crippen molar-refractivity contribution in [1.29, 1.82) is 0 Å². The number of nitro benzene ring substituents is 1. The lowest BCUT2D eigenvalue weighted by molar-refractivity contribution is -0.385. The van der Waals surface area contributed by atoms with Crippen LogP contribution in [-0.4, -0.2) is 51.3 Å². The van der Waals surface area contributed by atoms with E-state index in [0.717, 1.165) is 22.5 Å². The van der Waals surface area contributed by atoms with Crippen molar-refractivity contribution in [3.05, 3.63) is 93.4 Å². The molecule has 3 amide bonds. The fraction of sp³-hybridized carbons (Fsp3) is 0.351. The summed E-state index contributed by atoms with van der Waals surface area (Å²) in [6, 6.07) is 12.8. The van der Waals surface area contributed by atoms with Gasteiger partial charge in [0.05, 0.1) is 35.6 Å². The molecule has 4 aromatic rings. The summed E-state index contributed by atoms with van der Waals surface area (Å²) in [4.78, 5) is 68.2. The number of carbonyl (C=O) groups is 3. The lowest BCUT2D eigenvalue weighted by Gasteiger charge is -2.35. The van der Waals surface area contributed by atoms with E-state index in [1.165, 1.54) is 23.1 Å². The average Bonchev–Trinajstić information content (AvgIpc) is 3.10. The Labute approximate surface area is 296 Å². The van der Waals surface area contributed by atoms with Crippen molar-refractivity contribution in [2.24, 2.45) is 11.8 Å². The second-order valence-electron chi connectivity index (χ2n) is 13.0. The van der Waals surface area contributed by atoms with E-state index < -0.39 is 10.8 Å². The van der Waals surface area contributed by atoms with Crippen molar-refractivity contribution in [3.8, 4) is 5.75 Å². The molecule has 2 aromatic carbocycles. The monoisotopic (exact) mass is 694 g/mol. The highest BCUT2D eigenvalue weighted by Gasteiger charge is 2.32. The van der Waals surface area contributed by atoms with Gasteiger partial charge in [0.15, 0.2) is 11.5 Å². The van der Waals surface area contributed by atoms with Gasteiger partial charge < -0.3 is 15.4 Å². The van der Waals surface area contributed by atoms with Crippen LogP contribution in [-0.2, 0) is 11.3 Å². The molecule has 14 heteroatoms. The van der Waals surface area contributed by atoms with Crippen LogP contribution in [0.5, 0.6) is 5.75 Å². The van der Waals surface area contributed by atoms with Gasteiger partial charge in [0, 0.05) is 54.2 Å². The van der Waals surface area contributed by atoms with Crippen molar-refractivity contribution < 1.29 is 24.0 Å². The van der Waals surface area contributed by atoms with E-state index in [1.807, 2.05) is 52.8 Å². The summed E-state index contributed by atoms with van der Waals surface area (Å²) in [6.07, 6.45) is 4.34. The molecule has 14 nitrogen and oxygen atoms in total. The molecule has 266 valence electrons. The van der Waals surface area contributed by atoms with Crippen LogP contribution in [0.1, 0.15) is 67.2 Å². The summed E-state index contributed by atoms with van der Waals surface area (Å²) in [5.74, 6) is -0.405. The Morgan fingerprint density at radius 3 is 2.49 bits per heavy atom. The van der Waals surface area contributed by atoms with Crippen molar-refractivity contribution >= 4 is 52.2 Å². The number of nitro groups is 1. The minimum Gasteiger partial charge on any atom is -0.487 e. The highest BCUT2D eigenvalue weighted by atomic mass is 16.6. The number of Topliss-reactive ketones (excluding diaryl/α,β-unsaturated/α-hetero) is 1. The zero-order chi connectivity index (χ0) is 36.8. The molecule has 51 heavy (non-hydrogen) atoms. The van der Waals surface area contributed by atoms with Gasteiger partial charge in [0.25, 0.3) is 0 Å². The summed E-state index contributed by atoms with van der Waals surface area (Å²) in [5, 5.41) is 17.6. The van der Waals surface area contributed by atoms with Gasteiger partial charge in [-0.1, -0.05) is 26.8 Å². The van der Waals surface area contributed by atoms with Crippen LogP contribution in [0.2, 0.25) is 0 Å². The third-order valence-corrected chi connectivity index (χ3v) is 8.44. The van der Waals surface area contributed by atoms with Gasteiger partial charge in [-0.05, 0) is 74.6 Å². The van der Waals surface area contributed by atoms with Gasteiger partial charge in [-0.2, -0.15) is 4.98 Å². The molecule has 2 aromatic heterocycles. The standard InChI is InChI=1S/C37H42N8O6/c1-7-14-51-33-17-25(10-13-30(33)45(49)50)32(46)16-26(15-22(2)3)35(47)40-28-11-8-23(4)31(18-28)44-21-27-19-39-36(42-34(27)43(6)37(44)48)41-29-12-9-24(5)38-20-29/h8-13,17-20,22,26H,7,14-16,21H2,1-6H3,(H,40,47)(H,39,41,42)/t26-/m1/s1. The summed E-state index contributed by atoms with van der Waals surface area (Å²) in [6.45, 7) is 10.1. The van der Waals surface area contributed by atoms with Crippen LogP contribution in [0.25, 0.3) is 0 Å². The van der Waals surface area contributed by atoms with E-state index in [2.05, 4.69) is 25.6 Å². The minimum atomic E-state index is -0.678. The van der Waals surface area contributed by atoms with Crippen molar-refractivity contribution in [3.63, 3.8) is 0 Å². The maximum Gasteiger partial charge on any atom is 0.330 e. The first-order chi connectivity index (χ1) is 24.3. The topological polar surface area (TPSA) is 173 Å². The molecule has 1 aliphatic heterocycles. The fourth-order valence-corrected chi connectivity index (χ4v) is 5.81. The number of carbonyl (C=O) groups excluding carboxylic acids is 3. The number of pyridine rings is 1. The van der Waals surface area contributed by atoms with Crippen LogP contribution in [0.15, 0.2) is 60.9 Å². The number of benzene rings is 2. The Kier molecular flexibility index (Phi) is 11.2. The number of fused-ring (bicyclic) bond motifs is 1. The molecule has 0 spiro atoms. The average molecular weight is 695 g/mol. The first-order valence-electron chi connectivity index (χ1n) is 16.8. The SMILES string of the molecule is CCCOc1cc(C(=O)C[C@@H](CC(C)C)C(=O)Nc2ccc(C)c(N3Cc4cnc(Nc5ccc(C)nc5)nc4N(C)C3=O)c2)ccc1[N+](=O)[O-]. The quantitative estimate of drug-likeness (QED) is 0.0770. The molecule has 1 atom stereocenters. The van der Waals surface area contributed by atoms with Crippen LogP contribution < -0.4 is 25.2 Å². The van der Waals surface area contributed by atoms with Crippen molar-refractivity contribution in [2.75, 3.05) is 34.1 Å². The third-order valence-electron chi connectivity index (χ3n) is 8.44. The zero-order valence-electron chi connectivity index (χ0n) is 29.6. The molecule has 0 saturated carbocycles. The van der Waals surface area contributed by atoms with Crippen LogP contribution in [0, 0.1) is 35.8 Å². The molecule has 5 rings (SSSR count). The highest BCUT2D eigenvalue weighted by molar-refractivity contribution is 6.06. The lowest BCUT2D eigenvalue weighted by atomic mass is 9.89. The Morgan fingerprint density at radius 1 is 1.04 bits per heavy atom. The molecule has 0 aliphatic carbocycles. The Bertz CT molecular complexity index is 1950. The molecule has 0 radical (unpaired) electrons. The smallest absolute Gasteiger partial charge is 0.330 e. The summed E-state index contributed by atoms with van der Waals surface area (Å²) in [7, 11) is 1.65. The second-order valence-corrected chi connectivity index (χ2v) is 13.0. The molecule has 1 aliphatic rings. The molecule has 3 heterocycles. The first kappa shape index (κ1) is 36.4. The summed E-state index contributed by atoms with van der Waals surface area (Å²) < 4.78 is 5.55. The van der Waals surface area contributed by atoms with E-state index in [1.54, 1.807) is 36.5 Å². The van der Waals surface area contributed by atoms with Gasteiger partial charge >= 0.3 is 11.7 Å². The number of ketones is 1. The number of anilines is 5. The molecular formula is C37H42N8O6. The zero-order valence-corrected chi connectivity index (χ0v) is 29.6. The Balaban J connectivity index is 1.33. The molecule has 0 fully saturated rings. The number of hydrogen-bond donors (Lipinski definition) is 2. The van der Waals surface area contributed by atoms with E-state index in [4.69, 9.17) is 4.74 Å². The maximum absolute atomic E-state index is 13.7. The molecule has 0 bridgehead atoms. The summed E-state index contributed by atoms with van der Waals surface area (Å²) in [5.41, 5.74) is 4.24. The van der Waals surface area contributed by atoms with Crippen molar-refractivity contribution in [2.45, 2.75) is 60.4 Å². The Morgan fingerprint density at radius 2 is 1.80 bits per heavy atom. The van der Waals surface area contributed by atoms with Gasteiger partial charge in [0.1, 0.15) is 5.82 Å². The van der Waals surface area contributed by atoms with Gasteiger partial charge in [-0.3, -0.25) is 34.5 Å². The number of amides is 3. The minimum absolute atomic E-state index is 0.0220. The normalized spacial score (nSPS) is 13.1. The number of rotatable bonds is 14. The Hall–Kier alpha value is -5.92. The maximum atomic E-state index is 13.7. The van der Waals surface area contributed by atoms with E-state index >= 15 is 0 Å². The molecular weight excluding hydrogens is 652 g/mol. The van der Waals surface area contributed by atoms with Crippen molar-refractivity contribution in [1.82, 2.24) is 15.0 Å². The number of aromatic nitrogens is 3. The number of ether oxygens (including phenoxy) is 1. The highest BCUT2D eigenvalue weighted by Crippen LogP contribution is 2.34. The predicted molar refractivity (Wildman–Crippen MR) is 195 cm³/mol. The predicted octanol–water partition coefficient (Wildman–Crippen LogP) is 7.38. The van der Waals surface area contributed by atoms with E-state index in [-0.39, 0.29) is 60.2 Å². The number of nitrogens with one attached hydrogen (secondary N) is 2. The first-order valence-corrected chi connectivity index (χ1v) is 16.8. The molecule has 2 N–H and O–H groups in total. The molecule has 0 unspecified atom stereocenters. The summed E-state index contributed by atoms with van der Waals surface area (Å²) >= 11 is 0. The second kappa shape index (κ2) is 15.7. The van der Waals surface area contributed by atoms with Gasteiger partial charge in [-0.15, -0.1) is 0 Å². The van der Waals surface area contributed by atoms with E-state index in [9.17, 15) is 24.5 Å².